The van der Waals surface area contributed by atoms with Gasteiger partial charge < -0.3 is 20.1 Å². The van der Waals surface area contributed by atoms with Crippen molar-refractivity contribution in [3.05, 3.63) is 54.1 Å². The van der Waals surface area contributed by atoms with Gasteiger partial charge in [0.2, 0.25) is 5.91 Å². The van der Waals surface area contributed by atoms with Crippen LogP contribution < -0.4 is 15.4 Å². The summed E-state index contributed by atoms with van der Waals surface area (Å²) < 4.78 is 45.2. The summed E-state index contributed by atoms with van der Waals surface area (Å²) in [5, 5.41) is 5.12. The predicted octanol–water partition coefficient (Wildman–Crippen LogP) is 3.73. The molecule has 29 heavy (non-hydrogen) atoms. The van der Waals surface area contributed by atoms with Crippen molar-refractivity contribution >= 4 is 29.2 Å². The van der Waals surface area contributed by atoms with Gasteiger partial charge in [-0.3, -0.25) is 9.59 Å². The highest BCUT2D eigenvalue weighted by molar-refractivity contribution is 5.97. The summed E-state index contributed by atoms with van der Waals surface area (Å²) in [7, 11) is 0. The van der Waals surface area contributed by atoms with Gasteiger partial charge in [-0.25, -0.2) is 4.79 Å². The molecule has 0 saturated carbocycles. The SMILES string of the molecule is CC(=O)Nc1ccc(NC(=O)[C@@H](C)OC(=O)c2ccc(OC(F)(F)F)cc2)cc1. The first-order valence-corrected chi connectivity index (χ1v) is 8.29. The van der Waals surface area contributed by atoms with Crippen LogP contribution in [0.15, 0.2) is 48.5 Å². The van der Waals surface area contributed by atoms with Crippen molar-refractivity contribution in [2.24, 2.45) is 0 Å². The van der Waals surface area contributed by atoms with Crippen molar-refractivity contribution in [3.8, 4) is 5.75 Å². The average Bonchev–Trinajstić information content (AvgIpc) is 2.62. The molecular formula is C19H17F3N2O5. The molecule has 2 rings (SSSR count). The summed E-state index contributed by atoms with van der Waals surface area (Å²) in [5.74, 6) is -2.21. The maximum absolute atomic E-state index is 12.1. The van der Waals surface area contributed by atoms with E-state index in [-0.39, 0.29) is 11.5 Å². The number of carbonyl (C=O) groups excluding carboxylic acids is 3. The first-order chi connectivity index (χ1) is 13.5. The van der Waals surface area contributed by atoms with Gasteiger partial charge in [-0.15, -0.1) is 13.2 Å². The molecule has 0 aromatic heterocycles. The van der Waals surface area contributed by atoms with E-state index < -0.39 is 30.1 Å². The number of halogens is 3. The zero-order valence-electron chi connectivity index (χ0n) is 15.4. The Kier molecular flexibility index (Phi) is 6.81. The fourth-order valence-corrected chi connectivity index (χ4v) is 2.16. The second kappa shape index (κ2) is 9.09. The number of carbonyl (C=O) groups is 3. The number of benzene rings is 2. The number of rotatable bonds is 6. The normalized spacial score (nSPS) is 11.9. The minimum absolute atomic E-state index is 0.0427. The third-order valence-electron chi connectivity index (χ3n) is 3.45. The zero-order chi connectivity index (χ0) is 21.6. The van der Waals surface area contributed by atoms with Gasteiger partial charge in [0.25, 0.3) is 5.91 Å². The summed E-state index contributed by atoms with van der Waals surface area (Å²) in [5.41, 5.74) is 0.924. The second-order valence-electron chi connectivity index (χ2n) is 5.87. The van der Waals surface area contributed by atoms with Crippen LogP contribution in [0.4, 0.5) is 24.5 Å². The van der Waals surface area contributed by atoms with E-state index in [0.29, 0.717) is 11.4 Å². The molecule has 0 saturated heterocycles. The summed E-state index contributed by atoms with van der Waals surface area (Å²) in [6.45, 7) is 2.71. The van der Waals surface area contributed by atoms with E-state index in [4.69, 9.17) is 4.74 Å². The summed E-state index contributed by atoms with van der Waals surface area (Å²) in [6, 6.07) is 10.4. The maximum Gasteiger partial charge on any atom is 0.573 e. The molecule has 0 radical (unpaired) electrons. The molecule has 154 valence electrons. The van der Waals surface area contributed by atoms with Crippen molar-refractivity contribution in [1.82, 2.24) is 0 Å². The van der Waals surface area contributed by atoms with E-state index in [1.165, 1.54) is 13.8 Å². The largest absolute Gasteiger partial charge is 0.573 e. The van der Waals surface area contributed by atoms with Crippen molar-refractivity contribution < 1.29 is 37.0 Å². The molecule has 0 fully saturated rings. The summed E-state index contributed by atoms with van der Waals surface area (Å²) in [4.78, 5) is 35.2. The molecule has 2 aromatic carbocycles. The molecule has 2 aromatic rings. The van der Waals surface area contributed by atoms with Crippen LogP contribution in [0.5, 0.6) is 5.75 Å². The highest BCUT2D eigenvalue weighted by atomic mass is 19.4. The lowest BCUT2D eigenvalue weighted by molar-refractivity contribution is -0.274. The molecule has 0 spiro atoms. The fourth-order valence-electron chi connectivity index (χ4n) is 2.16. The van der Waals surface area contributed by atoms with Crippen LogP contribution in [0.2, 0.25) is 0 Å². The minimum atomic E-state index is -4.84. The third-order valence-corrected chi connectivity index (χ3v) is 3.45. The lowest BCUT2D eigenvalue weighted by Gasteiger charge is -2.14. The quantitative estimate of drug-likeness (QED) is 0.708. The fraction of sp³-hybridized carbons (Fsp3) is 0.211. The van der Waals surface area contributed by atoms with Gasteiger partial charge in [0, 0.05) is 18.3 Å². The third kappa shape index (κ3) is 7.17. The topological polar surface area (TPSA) is 93.7 Å². The van der Waals surface area contributed by atoms with E-state index in [0.717, 1.165) is 24.3 Å². The number of alkyl halides is 3. The van der Waals surface area contributed by atoms with Crippen molar-refractivity contribution in [3.63, 3.8) is 0 Å². The molecule has 1 atom stereocenters. The highest BCUT2D eigenvalue weighted by Crippen LogP contribution is 2.23. The van der Waals surface area contributed by atoms with Crippen LogP contribution >= 0.6 is 0 Å². The Balaban J connectivity index is 1.91. The molecule has 0 bridgehead atoms. The lowest BCUT2D eigenvalue weighted by atomic mass is 10.2. The van der Waals surface area contributed by atoms with Crippen molar-refractivity contribution in [2.45, 2.75) is 26.3 Å². The monoisotopic (exact) mass is 410 g/mol. The predicted molar refractivity (Wildman–Crippen MR) is 97.4 cm³/mol. The number of nitrogens with one attached hydrogen (secondary N) is 2. The molecule has 2 N–H and O–H groups in total. The molecule has 0 aliphatic heterocycles. The summed E-state index contributed by atoms with van der Waals surface area (Å²) >= 11 is 0. The van der Waals surface area contributed by atoms with Gasteiger partial charge in [0.1, 0.15) is 5.75 Å². The van der Waals surface area contributed by atoms with Gasteiger partial charge in [-0.1, -0.05) is 0 Å². The van der Waals surface area contributed by atoms with E-state index in [2.05, 4.69) is 15.4 Å². The zero-order valence-corrected chi connectivity index (χ0v) is 15.4. The molecule has 2 amide bonds. The number of amides is 2. The Morgan fingerprint density at radius 2 is 1.41 bits per heavy atom. The molecule has 0 unspecified atom stereocenters. The Morgan fingerprint density at radius 1 is 0.897 bits per heavy atom. The minimum Gasteiger partial charge on any atom is -0.449 e. The average molecular weight is 410 g/mol. The number of anilines is 2. The van der Waals surface area contributed by atoms with Gasteiger partial charge in [-0.2, -0.15) is 0 Å². The van der Waals surface area contributed by atoms with Crippen molar-refractivity contribution in [1.29, 1.82) is 0 Å². The van der Waals surface area contributed by atoms with Crippen LogP contribution in [-0.4, -0.2) is 30.2 Å². The number of ether oxygens (including phenoxy) is 2. The van der Waals surface area contributed by atoms with Gasteiger partial charge in [0.05, 0.1) is 5.56 Å². The molecule has 10 heteroatoms. The number of hydrogen-bond acceptors (Lipinski definition) is 5. The molecule has 0 aliphatic rings. The van der Waals surface area contributed by atoms with E-state index in [1.807, 2.05) is 0 Å². The smallest absolute Gasteiger partial charge is 0.449 e. The van der Waals surface area contributed by atoms with Gasteiger partial charge in [0.15, 0.2) is 6.10 Å². The molecule has 0 aliphatic carbocycles. The number of esters is 1. The molecule has 7 nitrogen and oxygen atoms in total. The first-order valence-electron chi connectivity index (χ1n) is 8.29. The lowest BCUT2D eigenvalue weighted by Crippen LogP contribution is -2.30. The highest BCUT2D eigenvalue weighted by Gasteiger charge is 2.31. The molecular weight excluding hydrogens is 393 g/mol. The van der Waals surface area contributed by atoms with E-state index >= 15 is 0 Å². The second-order valence-corrected chi connectivity index (χ2v) is 5.87. The first kappa shape index (κ1) is 21.7. The van der Waals surface area contributed by atoms with Crippen LogP contribution in [0.25, 0.3) is 0 Å². The number of hydrogen-bond donors (Lipinski definition) is 2. The van der Waals surface area contributed by atoms with Crippen LogP contribution in [0, 0.1) is 0 Å². The van der Waals surface area contributed by atoms with E-state index in [9.17, 15) is 27.6 Å². The maximum atomic E-state index is 12.1. The van der Waals surface area contributed by atoms with Crippen LogP contribution in [0.1, 0.15) is 24.2 Å². The Hall–Kier alpha value is -3.56. The Morgan fingerprint density at radius 3 is 1.90 bits per heavy atom. The Bertz CT molecular complexity index is 880. The van der Waals surface area contributed by atoms with Crippen LogP contribution in [-0.2, 0) is 14.3 Å². The standard InChI is InChI=1S/C19H17F3N2O5/c1-11(17(26)24-15-7-5-14(6-8-15)23-12(2)25)28-18(27)13-3-9-16(10-4-13)29-19(20,21)22/h3-11H,1-2H3,(H,23,25)(H,24,26)/t11-/m1/s1. The molecule has 0 heterocycles. The van der Waals surface area contributed by atoms with Gasteiger partial charge >= 0.3 is 12.3 Å². The summed E-state index contributed by atoms with van der Waals surface area (Å²) in [6.07, 6.45) is -6.00. The van der Waals surface area contributed by atoms with Crippen molar-refractivity contribution in [2.75, 3.05) is 10.6 Å². The Labute approximate surface area is 163 Å². The van der Waals surface area contributed by atoms with E-state index in [1.54, 1.807) is 24.3 Å². The van der Waals surface area contributed by atoms with Crippen LogP contribution in [0.3, 0.4) is 0 Å². The van der Waals surface area contributed by atoms with Gasteiger partial charge in [-0.05, 0) is 55.5 Å².